The molecule has 1 fully saturated rings. The van der Waals surface area contributed by atoms with Crippen molar-refractivity contribution in [1.82, 2.24) is 0 Å². The number of hydrogen-bond acceptors (Lipinski definition) is 4. The minimum atomic E-state index is -1.07. The lowest BCUT2D eigenvalue weighted by atomic mass is 9.90. The number of aryl methyl sites for hydroxylation is 1. The van der Waals surface area contributed by atoms with Gasteiger partial charge in [0, 0.05) is 0 Å². The topological polar surface area (TPSA) is 69.9 Å². The third-order valence-electron chi connectivity index (χ3n) is 4.45. The highest BCUT2D eigenvalue weighted by Crippen LogP contribution is 2.39. The van der Waals surface area contributed by atoms with Crippen molar-refractivity contribution in [3.05, 3.63) is 47.0 Å². The number of fused-ring (bicyclic) bond motifs is 1. The van der Waals surface area contributed by atoms with Crippen molar-refractivity contribution in [2.75, 3.05) is 6.61 Å². The fraction of sp³-hybridized carbons (Fsp3) is 0.412. The second kappa shape index (κ2) is 5.39. The van der Waals surface area contributed by atoms with E-state index >= 15 is 0 Å². The Morgan fingerprint density at radius 3 is 2.48 bits per heavy atom. The lowest BCUT2D eigenvalue weighted by Crippen LogP contribution is -2.32. The molecule has 1 aliphatic rings. The molecule has 0 unspecified atom stereocenters. The monoisotopic (exact) mass is 288 g/mol. The minimum Gasteiger partial charge on any atom is -0.394 e. The van der Waals surface area contributed by atoms with Gasteiger partial charge in [0.2, 0.25) is 0 Å². The normalized spacial score (nSPS) is 29.2. The Balaban J connectivity index is 2.18. The van der Waals surface area contributed by atoms with E-state index in [2.05, 4.69) is 6.07 Å². The van der Waals surface area contributed by atoms with Crippen LogP contribution in [-0.2, 0) is 4.74 Å². The standard InChI is InChI=1S/C17H20O4/c1-9-7-11-5-3-4-6-12(11)14(10(9)2)17-16(20)15(19)13(8-18)21-17/h3-7,13,15-20H,8H2,1-2H3/t13-,15-,16-,17+/m1/s1. The molecule has 3 rings (SSSR count). The van der Waals surface area contributed by atoms with Gasteiger partial charge in [-0.3, -0.25) is 0 Å². The quantitative estimate of drug-likeness (QED) is 0.785. The molecule has 0 aliphatic carbocycles. The van der Waals surface area contributed by atoms with E-state index in [1.54, 1.807) is 0 Å². The van der Waals surface area contributed by atoms with Crippen LogP contribution in [0.2, 0.25) is 0 Å². The van der Waals surface area contributed by atoms with E-state index in [1.165, 1.54) is 0 Å². The number of benzene rings is 2. The van der Waals surface area contributed by atoms with E-state index in [4.69, 9.17) is 4.74 Å². The number of hydrogen-bond donors (Lipinski definition) is 3. The average Bonchev–Trinajstić information content (AvgIpc) is 2.76. The molecule has 3 N–H and O–H groups in total. The van der Waals surface area contributed by atoms with Gasteiger partial charge >= 0.3 is 0 Å². The largest absolute Gasteiger partial charge is 0.394 e. The second-order valence-electron chi connectivity index (χ2n) is 5.71. The Morgan fingerprint density at radius 1 is 1.10 bits per heavy atom. The first-order chi connectivity index (χ1) is 10.0. The minimum absolute atomic E-state index is 0.308. The fourth-order valence-corrected chi connectivity index (χ4v) is 3.13. The van der Waals surface area contributed by atoms with Crippen molar-refractivity contribution in [3.8, 4) is 0 Å². The Kier molecular flexibility index (Phi) is 3.71. The third-order valence-corrected chi connectivity index (χ3v) is 4.45. The lowest BCUT2D eigenvalue weighted by molar-refractivity contribution is -0.0225. The van der Waals surface area contributed by atoms with Gasteiger partial charge in [-0.15, -0.1) is 0 Å². The third kappa shape index (κ3) is 2.24. The van der Waals surface area contributed by atoms with Crippen molar-refractivity contribution in [3.63, 3.8) is 0 Å². The zero-order chi connectivity index (χ0) is 15.1. The van der Waals surface area contributed by atoms with Crippen LogP contribution in [0.4, 0.5) is 0 Å². The van der Waals surface area contributed by atoms with Crippen LogP contribution in [0.5, 0.6) is 0 Å². The van der Waals surface area contributed by atoms with Crippen LogP contribution in [0.25, 0.3) is 10.8 Å². The summed E-state index contributed by atoms with van der Waals surface area (Å²) in [5.41, 5.74) is 3.05. The fourth-order valence-electron chi connectivity index (χ4n) is 3.13. The van der Waals surface area contributed by atoms with Crippen LogP contribution in [0.1, 0.15) is 22.8 Å². The summed E-state index contributed by atoms with van der Waals surface area (Å²) in [6, 6.07) is 10.0. The first kappa shape index (κ1) is 14.5. The molecule has 112 valence electrons. The van der Waals surface area contributed by atoms with Crippen LogP contribution >= 0.6 is 0 Å². The summed E-state index contributed by atoms with van der Waals surface area (Å²) in [5, 5.41) is 31.6. The number of rotatable bonds is 2. The van der Waals surface area contributed by atoms with Gasteiger partial charge < -0.3 is 20.1 Å². The molecule has 2 aromatic rings. The molecule has 0 saturated carbocycles. The summed E-state index contributed by atoms with van der Waals surface area (Å²) >= 11 is 0. The summed E-state index contributed by atoms with van der Waals surface area (Å²) in [5.74, 6) is 0. The molecule has 4 heteroatoms. The van der Waals surface area contributed by atoms with Crippen LogP contribution in [0.3, 0.4) is 0 Å². The second-order valence-corrected chi connectivity index (χ2v) is 5.71. The zero-order valence-corrected chi connectivity index (χ0v) is 12.2. The molecule has 1 heterocycles. The molecule has 2 aromatic carbocycles. The molecule has 0 radical (unpaired) electrons. The molecule has 0 spiro atoms. The van der Waals surface area contributed by atoms with Crippen molar-refractivity contribution < 1.29 is 20.1 Å². The maximum absolute atomic E-state index is 10.3. The van der Waals surface area contributed by atoms with Gasteiger partial charge in [-0.25, -0.2) is 0 Å². The van der Waals surface area contributed by atoms with Gasteiger partial charge in [0.05, 0.1) is 6.61 Å². The number of aliphatic hydroxyl groups is 3. The van der Waals surface area contributed by atoms with E-state index < -0.39 is 24.4 Å². The van der Waals surface area contributed by atoms with Crippen molar-refractivity contribution in [2.24, 2.45) is 0 Å². The summed E-state index contributed by atoms with van der Waals surface area (Å²) in [6.45, 7) is 3.70. The Bertz CT molecular complexity index is 667. The van der Waals surface area contributed by atoms with Crippen molar-refractivity contribution >= 4 is 10.8 Å². The van der Waals surface area contributed by atoms with Crippen LogP contribution in [-0.4, -0.2) is 40.2 Å². The molecule has 0 aromatic heterocycles. The van der Waals surface area contributed by atoms with Gasteiger partial charge in [0.15, 0.2) is 0 Å². The summed E-state index contributed by atoms with van der Waals surface area (Å²) in [6.07, 6.45) is -3.48. The molecule has 1 saturated heterocycles. The SMILES string of the molecule is Cc1cc2ccccc2c([C@@H]2O[C@H](CO)[C@@H](O)[C@H]2O)c1C. The molecular formula is C17H20O4. The molecule has 0 amide bonds. The highest BCUT2D eigenvalue weighted by atomic mass is 16.6. The van der Waals surface area contributed by atoms with E-state index in [0.717, 1.165) is 27.5 Å². The predicted molar refractivity (Wildman–Crippen MR) is 80.1 cm³/mol. The summed E-state index contributed by atoms with van der Waals surface area (Å²) in [7, 11) is 0. The van der Waals surface area contributed by atoms with E-state index in [0.29, 0.717) is 0 Å². The smallest absolute Gasteiger partial charge is 0.113 e. The van der Waals surface area contributed by atoms with E-state index in [-0.39, 0.29) is 6.61 Å². The Morgan fingerprint density at radius 2 is 1.81 bits per heavy atom. The maximum atomic E-state index is 10.3. The maximum Gasteiger partial charge on any atom is 0.113 e. The van der Waals surface area contributed by atoms with Crippen LogP contribution in [0, 0.1) is 13.8 Å². The van der Waals surface area contributed by atoms with E-state index in [1.807, 2.05) is 38.1 Å². The van der Waals surface area contributed by atoms with Crippen LogP contribution in [0.15, 0.2) is 30.3 Å². The zero-order valence-electron chi connectivity index (χ0n) is 12.2. The predicted octanol–water partition coefficient (Wildman–Crippen LogP) is 1.61. The van der Waals surface area contributed by atoms with Gasteiger partial charge in [0.1, 0.15) is 24.4 Å². The first-order valence-corrected chi connectivity index (χ1v) is 7.16. The van der Waals surface area contributed by atoms with Gasteiger partial charge in [0.25, 0.3) is 0 Å². The van der Waals surface area contributed by atoms with Gasteiger partial charge in [-0.1, -0.05) is 30.3 Å². The highest BCUT2D eigenvalue weighted by Gasteiger charge is 2.44. The molecule has 21 heavy (non-hydrogen) atoms. The molecule has 0 bridgehead atoms. The lowest BCUT2D eigenvalue weighted by Gasteiger charge is -2.21. The van der Waals surface area contributed by atoms with Crippen molar-refractivity contribution in [2.45, 2.75) is 38.3 Å². The van der Waals surface area contributed by atoms with E-state index in [9.17, 15) is 15.3 Å². The molecule has 4 atom stereocenters. The molecule has 4 nitrogen and oxygen atoms in total. The summed E-state index contributed by atoms with van der Waals surface area (Å²) in [4.78, 5) is 0. The number of ether oxygens (including phenoxy) is 1. The van der Waals surface area contributed by atoms with Gasteiger partial charge in [-0.05, 0) is 41.3 Å². The molecular weight excluding hydrogens is 268 g/mol. The highest BCUT2D eigenvalue weighted by molar-refractivity contribution is 5.88. The van der Waals surface area contributed by atoms with Gasteiger partial charge in [-0.2, -0.15) is 0 Å². The Hall–Kier alpha value is -1.46. The van der Waals surface area contributed by atoms with Crippen LogP contribution < -0.4 is 0 Å². The number of aliphatic hydroxyl groups excluding tert-OH is 3. The molecule has 1 aliphatic heterocycles. The Labute approximate surface area is 123 Å². The average molecular weight is 288 g/mol. The summed E-state index contributed by atoms with van der Waals surface area (Å²) < 4.78 is 5.72. The first-order valence-electron chi connectivity index (χ1n) is 7.16. The van der Waals surface area contributed by atoms with Crippen molar-refractivity contribution in [1.29, 1.82) is 0 Å².